The zero-order valence-electron chi connectivity index (χ0n) is 13.4. The van der Waals surface area contributed by atoms with Crippen LogP contribution in [-0.4, -0.2) is 42.9 Å². The van der Waals surface area contributed by atoms with Crippen LogP contribution in [0, 0.1) is 12.7 Å². The fourth-order valence-electron chi connectivity index (χ4n) is 2.49. The molecule has 0 bridgehead atoms. The topological polar surface area (TPSA) is 86.7 Å². The fourth-order valence-corrected chi connectivity index (χ4v) is 4.05. The van der Waals surface area contributed by atoms with E-state index in [2.05, 4.69) is 5.32 Å². The molecule has 1 heterocycles. The Morgan fingerprint density at radius 1 is 1.24 bits per heavy atom. The molecule has 0 aromatic heterocycles. The van der Waals surface area contributed by atoms with Crippen LogP contribution >= 0.6 is 0 Å². The molecule has 0 unspecified atom stereocenters. The van der Waals surface area contributed by atoms with Gasteiger partial charge in [0.1, 0.15) is 5.82 Å². The number of carbonyl (C=O) groups excluding carboxylic acids is 1. The lowest BCUT2D eigenvalue weighted by atomic mass is 10.2. The highest BCUT2D eigenvalue weighted by molar-refractivity contribution is 7.89. The number of aliphatic hydroxyl groups excluding tert-OH is 1. The highest BCUT2D eigenvalue weighted by atomic mass is 32.2. The smallest absolute Gasteiger partial charge is 0.255 e. The van der Waals surface area contributed by atoms with E-state index in [-0.39, 0.29) is 29.4 Å². The number of β-amino-alcohol motifs (C(OH)–C–C–N with tert-alkyl or cyclic N) is 1. The van der Waals surface area contributed by atoms with Crippen LogP contribution in [0.15, 0.2) is 47.4 Å². The van der Waals surface area contributed by atoms with E-state index in [0.29, 0.717) is 11.3 Å². The monoisotopic (exact) mass is 364 g/mol. The molecule has 1 saturated heterocycles. The molecule has 132 valence electrons. The van der Waals surface area contributed by atoms with Gasteiger partial charge in [0, 0.05) is 24.3 Å². The molecule has 3 rings (SSSR count). The lowest BCUT2D eigenvalue weighted by molar-refractivity contribution is 0.0548. The van der Waals surface area contributed by atoms with Gasteiger partial charge in [0.15, 0.2) is 0 Å². The zero-order valence-corrected chi connectivity index (χ0v) is 14.3. The molecule has 6 nitrogen and oxygen atoms in total. The van der Waals surface area contributed by atoms with E-state index >= 15 is 0 Å². The summed E-state index contributed by atoms with van der Waals surface area (Å²) < 4.78 is 39.3. The molecular formula is C17H17FN2O4S. The van der Waals surface area contributed by atoms with Crippen LogP contribution < -0.4 is 5.32 Å². The number of nitrogens with one attached hydrogen (secondary N) is 1. The van der Waals surface area contributed by atoms with Crippen molar-refractivity contribution in [2.75, 3.05) is 18.4 Å². The van der Waals surface area contributed by atoms with E-state index in [1.165, 1.54) is 42.5 Å². The van der Waals surface area contributed by atoms with Crippen LogP contribution in [0.4, 0.5) is 10.1 Å². The number of halogens is 1. The van der Waals surface area contributed by atoms with Crippen molar-refractivity contribution in [3.63, 3.8) is 0 Å². The number of carbonyl (C=O) groups is 1. The SMILES string of the molecule is Cc1cc(NC(=O)c2cccc(S(=O)(=O)N3CC(O)C3)c2)ccc1F. The van der Waals surface area contributed by atoms with Crippen LogP contribution in [0.3, 0.4) is 0 Å². The van der Waals surface area contributed by atoms with Gasteiger partial charge in [-0.2, -0.15) is 4.31 Å². The van der Waals surface area contributed by atoms with E-state index in [4.69, 9.17) is 0 Å². The van der Waals surface area contributed by atoms with Crippen LogP contribution in [0.25, 0.3) is 0 Å². The lowest BCUT2D eigenvalue weighted by Crippen LogP contribution is -2.53. The average molecular weight is 364 g/mol. The van der Waals surface area contributed by atoms with Crippen molar-refractivity contribution in [3.05, 3.63) is 59.4 Å². The maximum Gasteiger partial charge on any atom is 0.255 e. The number of rotatable bonds is 4. The first kappa shape index (κ1) is 17.5. The second-order valence-electron chi connectivity index (χ2n) is 5.92. The third-order valence-electron chi connectivity index (χ3n) is 3.98. The Kier molecular flexibility index (Phi) is 4.59. The number of hydrogen-bond donors (Lipinski definition) is 2. The minimum Gasteiger partial charge on any atom is -0.390 e. The van der Waals surface area contributed by atoms with Crippen LogP contribution in [0.1, 0.15) is 15.9 Å². The Morgan fingerprint density at radius 3 is 2.60 bits per heavy atom. The average Bonchev–Trinajstić information content (AvgIpc) is 2.55. The zero-order chi connectivity index (χ0) is 18.2. The second-order valence-corrected chi connectivity index (χ2v) is 7.86. The standard InChI is InChI=1S/C17H17FN2O4S/c1-11-7-13(5-6-16(11)18)19-17(22)12-3-2-4-15(8-12)25(23,24)20-9-14(21)10-20/h2-8,14,21H,9-10H2,1H3,(H,19,22). The molecule has 1 amide bonds. The maximum atomic E-state index is 13.3. The third-order valence-corrected chi connectivity index (χ3v) is 5.81. The van der Waals surface area contributed by atoms with E-state index in [0.717, 1.165) is 4.31 Å². The molecule has 0 atom stereocenters. The second kappa shape index (κ2) is 6.55. The molecule has 0 saturated carbocycles. The highest BCUT2D eigenvalue weighted by Crippen LogP contribution is 2.23. The predicted octanol–water partition coefficient (Wildman–Crippen LogP) is 1.75. The van der Waals surface area contributed by atoms with E-state index < -0.39 is 22.0 Å². The molecular weight excluding hydrogens is 347 g/mol. The summed E-state index contributed by atoms with van der Waals surface area (Å²) in [6.45, 7) is 1.68. The quantitative estimate of drug-likeness (QED) is 0.865. The molecule has 1 aliphatic heterocycles. The Balaban J connectivity index is 1.81. The van der Waals surface area contributed by atoms with Crippen molar-refractivity contribution < 1.29 is 22.7 Å². The number of nitrogens with zero attached hydrogens (tertiary/aromatic N) is 1. The largest absolute Gasteiger partial charge is 0.390 e. The Labute approximate surface area is 144 Å². The van der Waals surface area contributed by atoms with Crippen LogP contribution in [-0.2, 0) is 10.0 Å². The van der Waals surface area contributed by atoms with Crippen LogP contribution in [0.2, 0.25) is 0 Å². The molecule has 25 heavy (non-hydrogen) atoms. The molecule has 1 aliphatic rings. The summed E-state index contributed by atoms with van der Waals surface area (Å²) in [6, 6.07) is 9.84. The van der Waals surface area contributed by atoms with Gasteiger partial charge < -0.3 is 10.4 Å². The number of sulfonamides is 1. The predicted molar refractivity (Wildman–Crippen MR) is 90.3 cm³/mol. The minimum absolute atomic E-state index is 0.0117. The Hall–Kier alpha value is -2.29. The van der Waals surface area contributed by atoms with Crippen molar-refractivity contribution in [3.8, 4) is 0 Å². The van der Waals surface area contributed by atoms with Gasteiger partial charge in [-0.3, -0.25) is 4.79 Å². The van der Waals surface area contributed by atoms with Gasteiger partial charge >= 0.3 is 0 Å². The van der Waals surface area contributed by atoms with Crippen molar-refractivity contribution in [2.24, 2.45) is 0 Å². The summed E-state index contributed by atoms with van der Waals surface area (Å²) in [6.07, 6.45) is -0.650. The maximum absolute atomic E-state index is 13.3. The summed E-state index contributed by atoms with van der Waals surface area (Å²) in [7, 11) is -3.73. The molecule has 2 aromatic carbocycles. The number of anilines is 1. The van der Waals surface area contributed by atoms with Gasteiger partial charge in [0.2, 0.25) is 10.0 Å². The normalized spacial score (nSPS) is 15.6. The number of hydrogen-bond acceptors (Lipinski definition) is 4. The number of amides is 1. The first-order chi connectivity index (χ1) is 11.8. The van der Waals surface area contributed by atoms with Gasteiger partial charge in [0.05, 0.1) is 11.0 Å². The van der Waals surface area contributed by atoms with Gasteiger partial charge in [0.25, 0.3) is 5.91 Å². The summed E-state index contributed by atoms with van der Waals surface area (Å²) in [5.74, 6) is -0.866. The number of benzene rings is 2. The molecule has 2 N–H and O–H groups in total. The van der Waals surface area contributed by atoms with Gasteiger partial charge in [-0.05, 0) is 48.9 Å². The van der Waals surface area contributed by atoms with Crippen molar-refractivity contribution >= 4 is 21.6 Å². The highest BCUT2D eigenvalue weighted by Gasteiger charge is 2.35. The Morgan fingerprint density at radius 2 is 1.96 bits per heavy atom. The number of aliphatic hydroxyl groups is 1. The molecule has 0 spiro atoms. The minimum atomic E-state index is -3.73. The van der Waals surface area contributed by atoms with Crippen LogP contribution in [0.5, 0.6) is 0 Å². The molecule has 0 aliphatic carbocycles. The Bertz CT molecular complexity index is 924. The molecule has 8 heteroatoms. The van der Waals surface area contributed by atoms with Gasteiger partial charge in [-0.15, -0.1) is 0 Å². The number of aryl methyl sites for hydroxylation is 1. The lowest BCUT2D eigenvalue weighted by Gasteiger charge is -2.34. The van der Waals surface area contributed by atoms with Crippen molar-refractivity contribution in [1.82, 2.24) is 4.31 Å². The first-order valence-corrected chi connectivity index (χ1v) is 9.07. The van der Waals surface area contributed by atoms with Gasteiger partial charge in [-0.25, -0.2) is 12.8 Å². The van der Waals surface area contributed by atoms with E-state index in [1.807, 2.05) is 0 Å². The summed E-state index contributed by atoms with van der Waals surface area (Å²) in [5, 5.41) is 11.9. The van der Waals surface area contributed by atoms with E-state index in [1.54, 1.807) is 6.92 Å². The summed E-state index contributed by atoms with van der Waals surface area (Å²) >= 11 is 0. The summed E-state index contributed by atoms with van der Waals surface area (Å²) in [4.78, 5) is 12.3. The van der Waals surface area contributed by atoms with Crippen molar-refractivity contribution in [2.45, 2.75) is 17.9 Å². The van der Waals surface area contributed by atoms with Crippen molar-refractivity contribution in [1.29, 1.82) is 0 Å². The summed E-state index contributed by atoms with van der Waals surface area (Å²) in [5.41, 5.74) is 0.984. The molecule has 2 aromatic rings. The van der Waals surface area contributed by atoms with E-state index in [9.17, 15) is 22.7 Å². The molecule has 1 fully saturated rings. The van der Waals surface area contributed by atoms with Gasteiger partial charge in [-0.1, -0.05) is 6.07 Å². The third kappa shape index (κ3) is 3.55. The fraction of sp³-hybridized carbons (Fsp3) is 0.235. The first-order valence-electron chi connectivity index (χ1n) is 7.63. The molecule has 0 radical (unpaired) electrons.